The van der Waals surface area contributed by atoms with Crippen molar-refractivity contribution in [1.82, 2.24) is 0 Å². The molecule has 104 valence electrons. The highest BCUT2D eigenvalue weighted by molar-refractivity contribution is 5.79. The Morgan fingerprint density at radius 1 is 1.53 bits per heavy atom. The van der Waals surface area contributed by atoms with Gasteiger partial charge in [-0.25, -0.2) is 4.79 Å². The highest BCUT2D eigenvalue weighted by atomic mass is 16.5. The molecular formula is C15H22N2O2. The summed E-state index contributed by atoms with van der Waals surface area (Å²) in [6.45, 7) is 3.75. The first-order valence-electron chi connectivity index (χ1n) is 6.86. The van der Waals surface area contributed by atoms with Gasteiger partial charge < -0.3 is 15.4 Å². The quantitative estimate of drug-likeness (QED) is 0.652. The van der Waals surface area contributed by atoms with Crippen molar-refractivity contribution in [2.45, 2.75) is 45.2 Å². The minimum absolute atomic E-state index is 0.394. The van der Waals surface area contributed by atoms with Gasteiger partial charge in [0.15, 0.2) is 5.75 Å². The minimum Gasteiger partial charge on any atom is -0.423 e. The predicted octanol–water partition coefficient (Wildman–Crippen LogP) is 2.10. The number of ether oxygens (including phenoxy) is 1. The first-order chi connectivity index (χ1) is 9.02. The largest absolute Gasteiger partial charge is 0.423 e. The normalized spacial score (nSPS) is 16.0. The van der Waals surface area contributed by atoms with Gasteiger partial charge in [0.2, 0.25) is 0 Å². The zero-order valence-corrected chi connectivity index (χ0v) is 11.8. The van der Waals surface area contributed by atoms with Crippen molar-refractivity contribution < 1.29 is 9.53 Å². The van der Waals surface area contributed by atoms with Crippen LogP contribution in [0.5, 0.6) is 5.75 Å². The van der Waals surface area contributed by atoms with E-state index < -0.39 is 12.0 Å². The molecule has 0 aromatic heterocycles. The van der Waals surface area contributed by atoms with Crippen LogP contribution >= 0.6 is 0 Å². The third-order valence-corrected chi connectivity index (χ3v) is 3.49. The molecule has 4 nitrogen and oxygen atoms in total. The fraction of sp³-hybridized carbons (Fsp3) is 0.533. The summed E-state index contributed by atoms with van der Waals surface area (Å²) in [5.74, 6) is 0.212. The summed E-state index contributed by atoms with van der Waals surface area (Å²) in [6.07, 6.45) is 3.37. The first kappa shape index (κ1) is 13.9. The predicted molar refractivity (Wildman–Crippen MR) is 76.5 cm³/mol. The van der Waals surface area contributed by atoms with Crippen molar-refractivity contribution in [2.24, 2.45) is 5.73 Å². The highest BCUT2D eigenvalue weighted by Crippen LogP contribution is 2.36. The van der Waals surface area contributed by atoms with Crippen LogP contribution < -0.4 is 15.4 Å². The molecule has 0 bridgehead atoms. The van der Waals surface area contributed by atoms with E-state index in [1.807, 2.05) is 12.1 Å². The van der Waals surface area contributed by atoms with Crippen molar-refractivity contribution >= 4 is 11.7 Å². The number of anilines is 1. The average molecular weight is 262 g/mol. The molecule has 0 saturated heterocycles. The van der Waals surface area contributed by atoms with Gasteiger partial charge in [0, 0.05) is 13.1 Å². The SMILES string of the molecule is CCc1ccc(OC(=O)[C@H](C)N)c(N(C)C2CC2)c1. The first-order valence-corrected chi connectivity index (χ1v) is 6.86. The van der Waals surface area contributed by atoms with Crippen LogP contribution in [0.3, 0.4) is 0 Å². The zero-order chi connectivity index (χ0) is 14.0. The molecular weight excluding hydrogens is 240 g/mol. The van der Waals surface area contributed by atoms with E-state index in [-0.39, 0.29) is 0 Å². The van der Waals surface area contributed by atoms with E-state index in [0.717, 1.165) is 12.1 Å². The summed E-state index contributed by atoms with van der Waals surface area (Å²) in [5.41, 5.74) is 7.77. The number of esters is 1. The lowest BCUT2D eigenvalue weighted by Gasteiger charge is -2.22. The molecule has 1 fully saturated rings. The molecule has 0 radical (unpaired) electrons. The Morgan fingerprint density at radius 3 is 2.74 bits per heavy atom. The average Bonchev–Trinajstić information content (AvgIpc) is 3.22. The molecule has 1 aliphatic rings. The van der Waals surface area contributed by atoms with Crippen molar-refractivity contribution in [1.29, 1.82) is 0 Å². The zero-order valence-electron chi connectivity index (χ0n) is 11.8. The molecule has 0 aliphatic heterocycles. The summed E-state index contributed by atoms with van der Waals surface area (Å²) in [6, 6.07) is 5.92. The van der Waals surface area contributed by atoms with Gasteiger partial charge in [-0.3, -0.25) is 0 Å². The number of hydrogen-bond acceptors (Lipinski definition) is 4. The second-order valence-corrected chi connectivity index (χ2v) is 5.21. The van der Waals surface area contributed by atoms with Crippen molar-refractivity contribution in [3.05, 3.63) is 23.8 Å². The molecule has 0 unspecified atom stereocenters. The lowest BCUT2D eigenvalue weighted by molar-refractivity contribution is -0.135. The maximum atomic E-state index is 11.7. The summed E-state index contributed by atoms with van der Waals surface area (Å²) >= 11 is 0. The van der Waals surface area contributed by atoms with E-state index in [2.05, 4.69) is 24.9 Å². The molecule has 0 spiro atoms. The number of rotatable bonds is 5. The number of carbonyl (C=O) groups is 1. The van der Waals surface area contributed by atoms with Crippen LogP contribution in [-0.4, -0.2) is 25.1 Å². The van der Waals surface area contributed by atoms with Crippen LogP contribution in [0.4, 0.5) is 5.69 Å². The molecule has 1 saturated carbocycles. The van der Waals surface area contributed by atoms with Crippen molar-refractivity contribution in [2.75, 3.05) is 11.9 Å². The summed E-state index contributed by atoms with van der Waals surface area (Å²) in [7, 11) is 2.05. The monoisotopic (exact) mass is 262 g/mol. The third kappa shape index (κ3) is 3.26. The maximum absolute atomic E-state index is 11.7. The van der Waals surface area contributed by atoms with E-state index in [0.29, 0.717) is 11.8 Å². The van der Waals surface area contributed by atoms with Gasteiger partial charge in [0.1, 0.15) is 6.04 Å². The van der Waals surface area contributed by atoms with E-state index in [9.17, 15) is 4.79 Å². The second kappa shape index (κ2) is 5.61. The molecule has 4 heteroatoms. The van der Waals surface area contributed by atoms with Gasteiger partial charge in [0.05, 0.1) is 5.69 Å². The Hall–Kier alpha value is -1.55. The summed E-state index contributed by atoms with van der Waals surface area (Å²) < 4.78 is 5.40. The Morgan fingerprint density at radius 2 is 2.21 bits per heavy atom. The fourth-order valence-electron chi connectivity index (χ4n) is 2.00. The Kier molecular flexibility index (Phi) is 4.10. The van der Waals surface area contributed by atoms with Gasteiger partial charge in [-0.1, -0.05) is 13.0 Å². The standard InChI is InChI=1S/C15H22N2O2/c1-4-11-5-8-14(19-15(18)10(2)16)13(9-11)17(3)12-6-7-12/h5,8-10,12H,4,6-7,16H2,1-3H3/t10-/m0/s1. The van der Waals surface area contributed by atoms with Crippen LogP contribution in [0, 0.1) is 0 Å². The number of hydrogen-bond donors (Lipinski definition) is 1. The van der Waals surface area contributed by atoms with Crippen LogP contribution in [-0.2, 0) is 11.2 Å². The smallest absolute Gasteiger partial charge is 0.328 e. The highest BCUT2D eigenvalue weighted by Gasteiger charge is 2.28. The molecule has 1 aliphatic carbocycles. The lowest BCUT2D eigenvalue weighted by atomic mass is 10.1. The van der Waals surface area contributed by atoms with Crippen LogP contribution in [0.25, 0.3) is 0 Å². The van der Waals surface area contributed by atoms with E-state index in [1.165, 1.54) is 18.4 Å². The number of aryl methyl sites for hydroxylation is 1. The van der Waals surface area contributed by atoms with Gasteiger partial charge >= 0.3 is 5.97 Å². The molecule has 0 heterocycles. The van der Waals surface area contributed by atoms with E-state index in [1.54, 1.807) is 6.92 Å². The lowest BCUT2D eigenvalue weighted by Crippen LogP contribution is -2.31. The Balaban J connectivity index is 2.27. The third-order valence-electron chi connectivity index (χ3n) is 3.49. The summed E-state index contributed by atoms with van der Waals surface area (Å²) in [4.78, 5) is 13.9. The molecule has 1 aromatic rings. The molecule has 2 rings (SSSR count). The number of carbonyl (C=O) groups excluding carboxylic acids is 1. The van der Waals surface area contributed by atoms with Crippen LogP contribution in [0.1, 0.15) is 32.3 Å². The number of benzene rings is 1. The minimum atomic E-state index is -0.607. The molecule has 1 aromatic carbocycles. The van der Waals surface area contributed by atoms with E-state index in [4.69, 9.17) is 10.5 Å². The topological polar surface area (TPSA) is 55.6 Å². The molecule has 2 N–H and O–H groups in total. The van der Waals surface area contributed by atoms with Gasteiger partial charge in [-0.05, 0) is 43.9 Å². The number of nitrogens with zero attached hydrogens (tertiary/aromatic N) is 1. The van der Waals surface area contributed by atoms with Gasteiger partial charge in [0.25, 0.3) is 0 Å². The Labute approximate surface area is 114 Å². The van der Waals surface area contributed by atoms with Crippen LogP contribution in [0.15, 0.2) is 18.2 Å². The fourth-order valence-corrected chi connectivity index (χ4v) is 2.00. The maximum Gasteiger partial charge on any atom is 0.328 e. The summed E-state index contributed by atoms with van der Waals surface area (Å²) in [5, 5.41) is 0. The Bertz CT molecular complexity index is 467. The van der Waals surface area contributed by atoms with Crippen molar-refractivity contribution in [3.8, 4) is 5.75 Å². The molecule has 0 amide bonds. The molecule has 1 atom stereocenters. The van der Waals surface area contributed by atoms with Crippen molar-refractivity contribution in [3.63, 3.8) is 0 Å². The second-order valence-electron chi connectivity index (χ2n) is 5.21. The number of nitrogens with two attached hydrogens (primary N) is 1. The van der Waals surface area contributed by atoms with Gasteiger partial charge in [-0.15, -0.1) is 0 Å². The molecule has 19 heavy (non-hydrogen) atoms. The van der Waals surface area contributed by atoms with E-state index >= 15 is 0 Å². The van der Waals surface area contributed by atoms with Gasteiger partial charge in [-0.2, -0.15) is 0 Å². The van der Waals surface area contributed by atoms with Crippen LogP contribution in [0.2, 0.25) is 0 Å².